The van der Waals surface area contributed by atoms with Gasteiger partial charge in [0.2, 0.25) is 10.0 Å². The molecule has 1 aliphatic carbocycles. The summed E-state index contributed by atoms with van der Waals surface area (Å²) in [5.74, 6) is 0.755. The molecule has 0 unspecified atom stereocenters. The van der Waals surface area contributed by atoms with E-state index in [1.807, 2.05) is 30.3 Å². The second kappa shape index (κ2) is 6.10. The number of rotatable bonds is 5. The van der Waals surface area contributed by atoms with Gasteiger partial charge < -0.3 is 4.74 Å². The average Bonchev–Trinajstić information content (AvgIpc) is 3.01. The van der Waals surface area contributed by atoms with Crippen molar-refractivity contribution in [1.29, 1.82) is 0 Å². The lowest BCUT2D eigenvalue weighted by atomic mass is 10.1. The van der Waals surface area contributed by atoms with Gasteiger partial charge in [0.25, 0.3) is 0 Å². The molecule has 0 atom stereocenters. The standard InChI is InChI=1S/C17H19NO3S/c1-21-16-8-5-13(6-9-16)12-18-22(19,20)17-10-7-14-3-2-4-15(14)11-17/h5-11,18H,2-4,12H2,1H3. The molecule has 2 aromatic rings. The number of nitrogens with one attached hydrogen (secondary N) is 1. The fourth-order valence-electron chi connectivity index (χ4n) is 2.72. The summed E-state index contributed by atoms with van der Waals surface area (Å²) in [6.07, 6.45) is 3.13. The summed E-state index contributed by atoms with van der Waals surface area (Å²) < 4.78 is 32.5. The summed E-state index contributed by atoms with van der Waals surface area (Å²) >= 11 is 0. The second-order valence-electron chi connectivity index (χ2n) is 5.46. The van der Waals surface area contributed by atoms with Crippen molar-refractivity contribution in [1.82, 2.24) is 4.72 Å². The van der Waals surface area contributed by atoms with Gasteiger partial charge in [0.1, 0.15) is 5.75 Å². The van der Waals surface area contributed by atoms with E-state index in [2.05, 4.69) is 4.72 Å². The highest BCUT2D eigenvalue weighted by atomic mass is 32.2. The largest absolute Gasteiger partial charge is 0.497 e. The van der Waals surface area contributed by atoms with Gasteiger partial charge in [-0.15, -0.1) is 0 Å². The highest BCUT2D eigenvalue weighted by Crippen LogP contribution is 2.24. The maximum Gasteiger partial charge on any atom is 0.240 e. The molecular weight excluding hydrogens is 298 g/mol. The summed E-state index contributed by atoms with van der Waals surface area (Å²) in [5, 5.41) is 0. The highest BCUT2D eigenvalue weighted by molar-refractivity contribution is 7.89. The third-order valence-electron chi connectivity index (χ3n) is 4.01. The molecule has 0 fully saturated rings. The maximum absolute atomic E-state index is 12.4. The molecule has 4 nitrogen and oxygen atoms in total. The molecule has 5 heteroatoms. The van der Waals surface area contributed by atoms with Crippen molar-refractivity contribution in [2.24, 2.45) is 0 Å². The number of fused-ring (bicyclic) bond motifs is 1. The lowest BCUT2D eigenvalue weighted by Crippen LogP contribution is -2.23. The molecule has 22 heavy (non-hydrogen) atoms. The molecule has 0 saturated heterocycles. The molecule has 2 aromatic carbocycles. The number of hydrogen-bond donors (Lipinski definition) is 1. The SMILES string of the molecule is COc1ccc(CNS(=O)(=O)c2ccc3c(c2)CCC3)cc1. The third kappa shape index (κ3) is 3.15. The lowest BCUT2D eigenvalue weighted by molar-refractivity contribution is 0.414. The predicted molar refractivity (Wildman–Crippen MR) is 85.5 cm³/mol. The average molecular weight is 317 g/mol. The van der Waals surface area contributed by atoms with E-state index in [9.17, 15) is 8.42 Å². The molecule has 0 saturated carbocycles. The van der Waals surface area contributed by atoms with Gasteiger partial charge >= 0.3 is 0 Å². The number of ether oxygens (including phenoxy) is 1. The van der Waals surface area contributed by atoms with Gasteiger partial charge in [-0.05, 0) is 60.2 Å². The minimum atomic E-state index is -3.48. The van der Waals surface area contributed by atoms with Gasteiger partial charge in [0.15, 0.2) is 0 Å². The lowest BCUT2D eigenvalue weighted by Gasteiger charge is -2.09. The van der Waals surface area contributed by atoms with Crippen molar-refractivity contribution >= 4 is 10.0 Å². The van der Waals surface area contributed by atoms with Crippen LogP contribution in [0.1, 0.15) is 23.1 Å². The highest BCUT2D eigenvalue weighted by Gasteiger charge is 2.18. The van der Waals surface area contributed by atoms with Crippen LogP contribution < -0.4 is 9.46 Å². The molecule has 116 valence electrons. The summed E-state index contributed by atoms with van der Waals surface area (Å²) in [6, 6.07) is 12.8. The Morgan fingerprint density at radius 2 is 1.77 bits per heavy atom. The Balaban J connectivity index is 1.73. The van der Waals surface area contributed by atoms with Crippen molar-refractivity contribution in [3.63, 3.8) is 0 Å². The summed E-state index contributed by atoms with van der Waals surface area (Å²) in [5.41, 5.74) is 3.33. The van der Waals surface area contributed by atoms with Gasteiger partial charge in [0, 0.05) is 6.54 Å². The fourth-order valence-corrected chi connectivity index (χ4v) is 3.79. The Morgan fingerprint density at radius 3 is 2.50 bits per heavy atom. The first-order chi connectivity index (χ1) is 10.6. The van der Waals surface area contributed by atoms with Gasteiger partial charge in [-0.25, -0.2) is 13.1 Å². The van der Waals surface area contributed by atoms with E-state index in [0.29, 0.717) is 4.90 Å². The molecule has 0 aliphatic heterocycles. The van der Waals surface area contributed by atoms with E-state index in [1.54, 1.807) is 19.2 Å². The Bertz CT molecular complexity index is 767. The van der Waals surface area contributed by atoms with E-state index < -0.39 is 10.0 Å². The van der Waals surface area contributed by atoms with Crippen molar-refractivity contribution in [3.05, 3.63) is 59.2 Å². The van der Waals surface area contributed by atoms with Crippen LogP contribution in [-0.4, -0.2) is 15.5 Å². The van der Waals surface area contributed by atoms with Gasteiger partial charge in [-0.1, -0.05) is 18.2 Å². The van der Waals surface area contributed by atoms with Gasteiger partial charge in [0.05, 0.1) is 12.0 Å². The third-order valence-corrected chi connectivity index (χ3v) is 5.40. The molecule has 1 N–H and O–H groups in total. The van der Waals surface area contributed by atoms with Crippen LogP contribution in [0.2, 0.25) is 0 Å². The number of hydrogen-bond acceptors (Lipinski definition) is 3. The summed E-state index contributed by atoms with van der Waals surface area (Å²) in [7, 11) is -1.87. The quantitative estimate of drug-likeness (QED) is 0.922. The Hall–Kier alpha value is -1.85. The van der Waals surface area contributed by atoms with E-state index in [-0.39, 0.29) is 6.54 Å². The number of benzene rings is 2. The van der Waals surface area contributed by atoms with Crippen LogP contribution in [0.4, 0.5) is 0 Å². The molecule has 3 rings (SSSR count). The van der Waals surface area contributed by atoms with E-state index in [4.69, 9.17) is 4.74 Å². The van der Waals surface area contributed by atoms with Gasteiger partial charge in [-0.2, -0.15) is 0 Å². The number of sulfonamides is 1. The maximum atomic E-state index is 12.4. The Labute approximate surface area is 131 Å². The van der Waals surface area contributed by atoms with Crippen LogP contribution in [0.15, 0.2) is 47.4 Å². The monoisotopic (exact) mass is 317 g/mol. The first-order valence-electron chi connectivity index (χ1n) is 7.33. The van der Waals surface area contributed by atoms with Crippen molar-refractivity contribution in [2.75, 3.05) is 7.11 Å². The van der Waals surface area contributed by atoms with Crippen LogP contribution in [0.3, 0.4) is 0 Å². The smallest absolute Gasteiger partial charge is 0.240 e. The first-order valence-corrected chi connectivity index (χ1v) is 8.81. The molecule has 0 bridgehead atoms. The van der Waals surface area contributed by atoms with Crippen LogP contribution in [0.5, 0.6) is 5.75 Å². The molecule has 0 amide bonds. The Kier molecular flexibility index (Phi) is 4.18. The fraction of sp³-hybridized carbons (Fsp3) is 0.294. The number of methoxy groups -OCH3 is 1. The topological polar surface area (TPSA) is 55.4 Å². The summed E-state index contributed by atoms with van der Waals surface area (Å²) in [4.78, 5) is 0.349. The van der Waals surface area contributed by atoms with Crippen LogP contribution in [0.25, 0.3) is 0 Å². The van der Waals surface area contributed by atoms with Crippen LogP contribution in [-0.2, 0) is 29.4 Å². The molecule has 0 radical (unpaired) electrons. The van der Waals surface area contributed by atoms with Crippen LogP contribution >= 0.6 is 0 Å². The predicted octanol–water partition coefficient (Wildman–Crippen LogP) is 2.66. The first kappa shape index (κ1) is 15.1. The van der Waals surface area contributed by atoms with Crippen molar-refractivity contribution < 1.29 is 13.2 Å². The van der Waals surface area contributed by atoms with Crippen molar-refractivity contribution in [3.8, 4) is 5.75 Å². The van der Waals surface area contributed by atoms with Crippen molar-refractivity contribution in [2.45, 2.75) is 30.7 Å². The number of aryl methyl sites for hydroxylation is 2. The zero-order valence-electron chi connectivity index (χ0n) is 12.5. The van der Waals surface area contributed by atoms with Gasteiger partial charge in [-0.3, -0.25) is 0 Å². The van der Waals surface area contributed by atoms with E-state index in [1.165, 1.54) is 5.56 Å². The Morgan fingerprint density at radius 1 is 1.05 bits per heavy atom. The molecule has 0 heterocycles. The summed E-state index contributed by atoms with van der Waals surface area (Å²) in [6.45, 7) is 0.267. The molecular formula is C17H19NO3S. The minimum absolute atomic E-state index is 0.267. The molecule has 0 spiro atoms. The van der Waals surface area contributed by atoms with Crippen LogP contribution in [0, 0.1) is 0 Å². The molecule has 1 aliphatic rings. The normalized spacial score (nSPS) is 13.9. The zero-order valence-corrected chi connectivity index (χ0v) is 13.3. The molecule has 0 aromatic heterocycles. The minimum Gasteiger partial charge on any atom is -0.497 e. The van der Waals surface area contributed by atoms with E-state index >= 15 is 0 Å². The zero-order chi connectivity index (χ0) is 15.6. The second-order valence-corrected chi connectivity index (χ2v) is 7.22. The van der Waals surface area contributed by atoms with E-state index in [0.717, 1.165) is 36.1 Å².